The van der Waals surface area contributed by atoms with E-state index in [0.29, 0.717) is 11.8 Å². The molecule has 2 unspecified atom stereocenters. The van der Waals surface area contributed by atoms with E-state index in [4.69, 9.17) is 4.74 Å². The molecule has 0 radical (unpaired) electrons. The van der Waals surface area contributed by atoms with E-state index in [1.54, 1.807) is 7.11 Å². The van der Waals surface area contributed by atoms with Crippen LogP contribution in [0.4, 0.5) is 0 Å². The van der Waals surface area contributed by atoms with Crippen LogP contribution in [0.5, 0.6) is 0 Å². The van der Waals surface area contributed by atoms with Crippen LogP contribution in [0.3, 0.4) is 0 Å². The first-order valence-corrected chi connectivity index (χ1v) is 4.15. The smallest absolute Gasteiger partial charge is 0.0491 e. The van der Waals surface area contributed by atoms with E-state index in [2.05, 4.69) is 18.8 Å². The number of nitrogens with zero attached hydrogens (tertiary/aromatic N) is 1. The van der Waals surface area contributed by atoms with Crippen LogP contribution in [0, 0.1) is 11.8 Å². The van der Waals surface area contributed by atoms with Crippen molar-refractivity contribution in [1.29, 1.82) is 0 Å². The van der Waals surface area contributed by atoms with Crippen LogP contribution in [-0.4, -0.2) is 26.5 Å². The van der Waals surface area contributed by atoms with Gasteiger partial charge in [0.1, 0.15) is 0 Å². The van der Waals surface area contributed by atoms with E-state index >= 15 is 0 Å². The molecule has 0 aromatic heterocycles. The van der Waals surface area contributed by atoms with Crippen molar-refractivity contribution < 1.29 is 4.74 Å². The van der Waals surface area contributed by atoms with Gasteiger partial charge in [-0.3, -0.25) is 4.99 Å². The molecule has 0 aliphatic heterocycles. The second-order valence-corrected chi connectivity index (χ2v) is 3.03. The van der Waals surface area contributed by atoms with E-state index in [0.717, 1.165) is 13.2 Å². The lowest BCUT2D eigenvalue weighted by Gasteiger charge is -2.16. The summed E-state index contributed by atoms with van der Waals surface area (Å²) >= 11 is 0. The summed E-state index contributed by atoms with van der Waals surface area (Å²) in [6, 6.07) is 0. The topological polar surface area (TPSA) is 21.6 Å². The predicted molar refractivity (Wildman–Crippen MR) is 49.2 cm³/mol. The molecule has 0 heterocycles. The largest absolute Gasteiger partial charge is 0.384 e. The molecule has 2 heteroatoms. The van der Waals surface area contributed by atoms with Gasteiger partial charge in [-0.1, -0.05) is 13.8 Å². The molecular formula is C9H19NO. The summed E-state index contributed by atoms with van der Waals surface area (Å²) in [4.78, 5) is 4.19. The summed E-state index contributed by atoms with van der Waals surface area (Å²) in [5, 5.41) is 0. The van der Waals surface area contributed by atoms with E-state index in [1.807, 2.05) is 13.1 Å². The van der Waals surface area contributed by atoms with Crippen LogP contribution in [-0.2, 0) is 4.74 Å². The normalized spacial score (nSPS) is 17.1. The number of methoxy groups -OCH3 is 1. The molecule has 0 N–H and O–H groups in total. The van der Waals surface area contributed by atoms with Crippen molar-refractivity contribution in [2.24, 2.45) is 16.8 Å². The Balaban J connectivity index is 3.54. The Morgan fingerprint density at radius 2 is 2.00 bits per heavy atom. The molecule has 0 rings (SSSR count). The third-order valence-corrected chi connectivity index (χ3v) is 1.98. The Hall–Kier alpha value is -0.370. The third kappa shape index (κ3) is 4.96. The zero-order chi connectivity index (χ0) is 8.69. The Morgan fingerprint density at radius 3 is 2.45 bits per heavy atom. The van der Waals surface area contributed by atoms with Crippen molar-refractivity contribution >= 4 is 6.21 Å². The number of hydrogen-bond donors (Lipinski definition) is 0. The average molecular weight is 157 g/mol. The fraction of sp³-hybridized carbons (Fsp3) is 0.889. The molecule has 2 nitrogen and oxygen atoms in total. The molecule has 11 heavy (non-hydrogen) atoms. The Bertz CT molecular complexity index is 112. The summed E-state index contributed by atoms with van der Waals surface area (Å²) < 4.78 is 5.05. The molecule has 0 aliphatic rings. The molecule has 0 aromatic rings. The SMILES string of the molecule is CC=NCC(C)C(C)COC. The molecule has 0 saturated heterocycles. The number of hydrogen-bond acceptors (Lipinski definition) is 2. The quantitative estimate of drug-likeness (QED) is 0.559. The van der Waals surface area contributed by atoms with Gasteiger partial charge < -0.3 is 4.74 Å². The second-order valence-electron chi connectivity index (χ2n) is 3.03. The highest BCUT2D eigenvalue weighted by Gasteiger charge is 2.10. The van der Waals surface area contributed by atoms with Crippen molar-refractivity contribution in [3.63, 3.8) is 0 Å². The minimum absolute atomic E-state index is 0.601. The lowest BCUT2D eigenvalue weighted by atomic mass is 9.97. The average Bonchev–Trinajstić information content (AvgIpc) is 2.00. The fourth-order valence-corrected chi connectivity index (χ4v) is 0.879. The molecule has 0 saturated carbocycles. The highest BCUT2D eigenvalue weighted by Crippen LogP contribution is 2.10. The predicted octanol–water partition coefficient (Wildman–Crippen LogP) is 2.00. The molecule has 0 amide bonds. The maximum absolute atomic E-state index is 5.05. The van der Waals surface area contributed by atoms with Crippen LogP contribution in [0.1, 0.15) is 20.8 Å². The maximum Gasteiger partial charge on any atom is 0.0491 e. The lowest BCUT2D eigenvalue weighted by molar-refractivity contribution is 0.136. The lowest BCUT2D eigenvalue weighted by Crippen LogP contribution is -2.16. The number of ether oxygens (including phenoxy) is 1. The Labute approximate surface area is 69.7 Å². The summed E-state index contributed by atoms with van der Waals surface area (Å²) in [5.41, 5.74) is 0. The molecule has 0 aromatic carbocycles. The Kier molecular flexibility index (Phi) is 6.13. The highest BCUT2D eigenvalue weighted by molar-refractivity contribution is 5.53. The van der Waals surface area contributed by atoms with Crippen LogP contribution in [0.2, 0.25) is 0 Å². The first kappa shape index (κ1) is 10.6. The third-order valence-electron chi connectivity index (χ3n) is 1.98. The first-order valence-electron chi connectivity index (χ1n) is 4.15. The summed E-state index contributed by atoms with van der Waals surface area (Å²) in [7, 11) is 1.74. The van der Waals surface area contributed by atoms with Crippen LogP contribution in [0.15, 0.2) is 4.99 Å². The van der Waals surface area contributed by atoms with Crippen molar-refractivity contribution in [2.45, 2.75) is 20.8 Å². The van der Waals surface area contributed by atoms with Gasteiger partial charge in [-0.15, -0.1) is 0 Å². The molecule has 0 bridgehead atoms. The highest BCUT2D eigenvalue weighted by atomic mass is 16.5. The standard InChI is InChI=1S/C9H19NO/c1-5-10-6-8(2)9(3)7-11-4/h5,8-9H,6-7H2,1-4H3. The van der Waals surface area contributed by atoms with E-state index in [-0.39, 0.29) is 0 Å². The molecule has 0 aliphatic carbocycles. The summed E-state index contributed by atoms with van der Waals surface area (Å²) in [6.07, 6.45) is 1.86. The first-order chi connectivity index (χ1) is 5.22. The summed E-state index contributed by atoms with van der Waals surface area (Å²) in [5.74, 6) is 1.22. The molecule has 0 spiro atoms. The van der Waals surface area contributed by atoms with Crippen molar-refractivity contribution in [1.82, 2.24) is 0 Å². The van der Waals surface area contributed by atoms with Gasteiger partial charge in [0.25, 0.3) is 0 Å². The monoisotopic (exact) mass is 157 g/mol. The zero-order valence-corrected chi connectivity index (χ0v) is 8.00. The summed E-state index contributed by atoms with van der Waals surface area (Å²) in [6.45, 7) is 8.10. The molecular weight excluding hydrogens is 138 g/mol. The van der Waals surface area contributed by atoms with Crippen LogP contribution in [0.25, 0.3) is 0 Å². The zero-order valence-electron chi connectivity index (χ0n) is 8.00. The van der Waals surface area contributed by atoms with Gasteiger partial charge in [0.15, 0.2) is 0 Å². The van der Waals surface area contributed by atoms with Crippen LogP contribution >= 0.6 is 0 Å². The minimum Gasteiger partial charge on any atom is -0.384 e. The molecule has 2 atom stereocenters. The van der Waals surface area contributed by atoms with E-state index in [9.17, 15) is 0 Å². The Morgan fingerprint density at radius 1 is 1.36 bits per heavy atom. The number of rotatable bonds is 5. The molecule has 66 valence electrons. The van der Waals surface area contributed by atoms with Crippen molar-refractivity contribution in [3.8, 4) is 0 Å². The van der Waals surface area contributed by atoms with Gasteiger partial charge >= 0.3 is 0 Å². The van der Waals surface area contributed by atoms with Crippen LogP contribution < -0.4 is 0 Å². The fourth-order valence-electron chi connectivity index (χ4n) is 0.879. The number of aliphatic imine (C=N–C) groups is 1. The van der Waals surface area contributed by atoms with Crippen molar-refractivity contribution in [3.05, 3.63) is 0 Å². The molecule has 0 fully saturated rings. The van der Waals surface area contributed by atoms with E-state index < -0.39 is 0 Å². The van der Waals surface area contributed by atoms with E-state index in [1.165, 1.54) is 0 Å². The van der Waals surface area contributed by atoms with Gasteiger partial charge in [0.2, 0.25) is 0 Å². The second kappa shape index (κ2) is 6.35. The van der Waals surface area contributed by atoms with Gasteiger partial charge in [-0.2, -0.15) is 0 Å². The van der Waals surface area contributed by atoms with Crippen molar-refractivity contribution in [2.75, 3.05) is 20.3 Å². The van der Waals surface area contributed by atoms with Gasteiger partial charge in [-0.25, -0.2) is 0 Å². The minimum atomic E-state index is 0.601. The van der Waals surface area contributed by atoms with Gasteiger partial charge in [0, 0.05) is 20.3 Å². The van der Waals surface area contributed by atoms with Gasteiger partial charge in [0.05, 0.1) is 0 Å². The van der Waals surface area contributed by atoms with Gasteiger partial charge in [-0.05, 0) is 25.0 Å². The maximum atomic E-state index is 5.05.